The van der Waals surface area contributed by atoms with E-state index >= 15 is 0 Å². The third-order valence-corrected chi connectivity index (χ3v) is 2.31. The maximum absolute atomic E-state index is 8.50. The van der Waals surface area contributed by atoms with Crippen LogP contribution in [0.15, 0.2) is 35.8 Å². The molecule has 1 aromatic carbocycles. The molecule has 0 atom stereocenters. The van der Waals surface area contributed by atoms with E-state index < -0.39 is 0 Å². The van der Waals surface area contributed by atoms with Gasteiger partial charge in [-0.3, -0.25) is 5.32 Å². The summed E-state index contributed by atoms with van der Waals surface area (Å²) in [5, 5.41) is 11.6. The van der Waals surface area contributed by atoms with Crippen LogP contribution in [0.5, 0.6) is 0 Å². The Morgan fingerprint density at radius 3 is 2.93 bits per heavy atom. The Hall–Kier alpha value is -1.73. The fourth-order valence-corrected chi connectivity index (χ4v) is 1.38. The van der Waals surface area contributed by atoms with Gasteiger partial charge >= 0.3 is 0 Å². The van der Waals surface area contributed by atoms with Crippen LogP contribution in [0.3, 0.4) is 0 Å². The summed E-state index contributed by atoms with van der Waals surface area (Å²) in [4.78, 5) is 4.31. The van der Waals surface area contributed by atoms with Gasteiger partial charge in [0.2, 0.25) is 0 Å². The molecule has 4 heteroatoms. The minimum Gasteiger partial charge on any atom is -0.271 e. The van der Waals surface area contributed by atoms with Crippen molar-refractivity contribution in [3.8, 4) is 6.19 Å². The number of nitriles is 1. The lowest BCUT2D eigenvalue weighted by Crippen LogP contribution is -2.12. The van der Waals surface area contributed by atoms with Gasteiger partial charge in [-0.05, 0) is 17.9 Å². The molecule has 0 aliphatic carbocycles. The maximum atomic E-state index is 8.50. The predicted octanol–water partition coefficient (Wildman–Crippen LogP) is 2.75. The second-order valence-electron chi connectivity index (χ2n) is 2.62. The van der Waals surface area contributed by atoms with Crippen LogP contribution in [0, 0.1) is 11.5 Å². The monoisotopic (exact) mass is 217 g/mol. The zero-order chi connectivity index (χ0) is 11.1. The molecule has 0 heterocycles. The number of nitrogens with zero attached hydrogens (tertiary/aromatic N) is 2. The van der Waals surface area contributed by atoms with Crippen LogP contribution in [0.4, 0.5) is 5.69 Å². The number of aliphatic imine (C=N–C) groups is 1. The molecular weight excluding hydrogens is 206 g/mol. The van der Waals surface area contributed by atoms with Crippen LogP contribution < -0.4 is 5.32 Å². The van der Waals surface area contributed by atoms with E-state index in [1.807, 2.05) is 36.7 Å². The van der Waals surface area contributed by atoms with Crippen molar-refractivity contribution >= 4 is 28.7 Å². The Balaban J connectivity index is 3.05. The quantitative estimate of drug-likeness (QED) is 0.358. The molecule has 0 spiro atoms. The SMILES string of the molecule is C=Cc1ccccc1N=C(NC#N)SC. The summed E-state index contributed by atoms with van der Waals surface area (Å²) < 4.78 is 0. The lowest BCUT2D eigenvalue weighted by molar-refractivity contribution is 1.28. The number of amidine groups is 1. The third kappa shape index (κ3) is 3.15. The molecular formula is C11H11N3S. The number of thioether (sulfide) groups is 1. The molecule has 1 rings (SSSR count). The number of para-hydroxylation sites is 1. The van der Waals surface area contributed by atoms with E-state index in [1.54, 1.807) is 6.08 Å². The van der Waals surface area contributed by atoms with E-state index in [2.05, 4.69) is 16.9 Å². The van der Waals surface area contributed by atoms with Gasteiger partial charge in [0.1, 0.15) is 0 Å². The van der Waals surface area contributed by atoms with Gasteiger partial charge in [-0.2, -0.15) is 5.26 Å². The van der Waals surface area contributed by atoms with Gasteiger partial charge in [0.25, 0.3) is 0 Å². The molecule has 0 aliphatic heterocycles. The van der Waals surface area contributed by atoms with Crippen LogP contribution in [0.1, 0.15) is 5.56 Å². The summed E-state index contributed by atoms with van der Waals surface area (Å²) in [5.41, 5.74) is 1.75. The summed E-state index contributed by atoms with van der Waals surface area (Å²) in [5.74, 6) is 0. The zero-order valence-electron chi connectivity index (χ0n) is 8.40. The number of rotatable bonds is 2. The van der Waals surface area contributed by atoms with Crippen LogP contribution in [-0.2, 0) is 0 Å². The fourth-order valence-electron chi connectivity index (χ4n) is 1.04. The topological polar surface area (TPSA) is 48.2 Å². The largest absolute Gasteiger partial charge is 0.271 e. The first-order chi connectivity index (χ1) is 7.31. The molecule has 0 amide bonds. The highest BCUT2D eigenvalue weighted by Crippen LogP contribution is 2.20. The lowest BCUT2D eigenvalue weighted by Gasteiger charge is -2.02. The molecule has 0 radical (unpaired) electrons. The van der Waals surface area contributed by atoms with Crippen molar-refractivity contribution in [1.82, 2.24) is 5.32 Å². The normalized spacial score (nSPS) is 10.5. The summed E-state index contributed by atoms with van der Waals surface area (Å²) in [6, 6.07) is 7.63. The van der Waals surface area contributed by atoms with Gasteiger partial charge in [0.15, 0.2) is 11.4 Å². The maximum Gasteiger partial charge on any atom is 0.183 e. The molecule has 1 aromatic rings. The molecule has 15 heavy (non-hydrogen) atoms. The predicted molar refractivity (Wildman–Crippen MR) is 65.9 cm³/mol. The highest BCUT2D eigenvalue weighted by molar-refractivity contribution is 8.13. The van der Waals surface area contributed by atoms with E-state index in [-0.39, 0.29) is 0 Å². The molecule has 0 bridgehead atoms. The van der Waals surface area contributed by atoms with Crippen molar-refractivity contribution in [2.24, 2.45) is 4.99 Å². The summed E-state index contributed by atoms with van der Waals surface area (Å²) in [7, 11) is 0. The third-order valence-electron chi connectivity index (χ3n) is 1.73. The Bertz CT molecular complexity index is 418. The number of hydrogen-bond donors (Lipinski definition) is 1. The molecule has 0 saturated heterocycles. The van der Waals surface area contributed by atoms with E-state index in [4.69, 9.17) is 5.26 Å². The minimum absolute atomic E-state index is 0.576. The van der Waals surface area contributed by atoms with Crippen molar-refractivity contribution in [2.45, 2.75) is 0 Å². The summed E-state index contributed by atoms with van der Waals surface area (Å²) >= 11 is 1.39. The molecule has 1 N–H and O–H groups in total. The van der Waals surface area contributed by atoms with Crippen molar-refractivity contribution in [3.63, 3.8) is 0 Å². The zero-order valence-corrected chi connectivity index (χ0v) is 9.21. The molecule has 0 saturated carbocycles. The Morgan fingerprint density at radius 1 is 1.60 bits per heavy atom. The van der Waals surface area contributed by atoms with Gasteiger partial charge in [-0.1, -0.05) is 42.6 Å². The summed E-state index contributed by atoms with van der Waals surface area (Å²) in [6.45, 7) is 3.71. The van der Waals surface area contributed by atoms with Gasteiger partial charge < -0.3 is 0 Å². The number of nitrogens with one attached hydrogen (secondary N) is 1. The lowest BCUT2D eigenvalue weighted by atomic mass is 10.2. The number of benzene rings is 1. The first kappa shape index (κ1) is 11.3. The summed E-state index contributed by atoms with van der Waals surface area (Å²) in [6.07, 6.45) is 5.45. The van der Waals surface area contributed by atoms with Crippen molar-refractivity contribution in [2.75, 3.05) is 6.26 Å². The highest BCUT2D eigenvalue weighted by Gasteiger charge is 1.99. The van der Waals surface area contributed by atoms with Crippen molar-refractivity contribution < 1.29 is 0 Å². The Labute approximate surface area is 93.5 Å². The average Bonchev–Trinajstić information content (AvgIpc) is 2.29. The van der Waals surface area contributed by atoms with E-state index in [1.165, 1.54) is 11.8 Å². The van der Waals surface area contributed by atoms with Crippen LogP contribution in [0.25, 0.3) is 6.08 Å². The van der Waals surface area contributed by atoms with Crippen molar-refractivity contribution in [1.29, 1.82) is 5.26 Å². The second-order valence-corrected chi connectivity index (χ2v) is 3.42. The molecule has 0 aliphatic rings. The second kappa shape index (κ2) is 5.89. The van der Waals surface area contributed by atoms with Crippen LogP contribution >= 0.6 is 11.8 Å². The Morgan fingerprint density at radius 2 is 2.33 bits per heavy atom. The fraction of sp³-hybridized carbons (Fsp3) is 0.0909. The van der Waals surface area contributed by atoms with Crippen LogP contribution in [-0.4, -0.2) is 11.4 Å². The van der Waals surface area contributed by atoms with E-state index in [0.29, 0.717) is 5.17 Å². The van der Waals surface area contributed by atoms with Gasteiger partial charge in [0, 0.05) is 0 Å². The Kier molecular flexibility index (Phi) is 4.45. The molecule has 3 nitrogen and oxygen atoms in total. The van der Waals surface area contributed by atoms with E-state index in [0.717, 1.165) is 11.3 Å². The van der Waals surface area contributed by atoms with Crippen molar-refractivity contribution in [3.05, 3.63) is 36.4 Å². The van der Waals surface area contributed by atoms with Gasteiger partial charge in [-0.25, -0.2) is 4.99 Å². The molecule has 0 fully saturated rings. The van der Waals surface area contributed by atoms with Gasteiger partial charge in [0.05, 0.1) is 5.69 Å². The van der Waals surface area contributed by atoms with Crippen LogP contribution in [0.2, 0.25) is 0 Å². The molecule has 76 valence electrons. The first-order valence-electron chi connectivity index (χ1n) is 4.31. The average molecular weight is 217 g/mol. The van der Waals surface area contributed by atoms with E-state index in [9.17, 15) is 0 Å². The minimum atomic E-state index is 0.576. The smallest absolute Gasteiger partial charge is 0.183 e. The highest BCUT2D eigenvalue weighted by atomic mass is 32.2. The van der Waals surface area contributed by atoms with Gasteiger partial charge in [-0.15, -0.1) is 0 Å². The first-order valence-corrected chi connectivity index (χ1v) is 5.53. The molecule has 0 aromatic heterocycles. The number of hydrogen-bond acceptors (Lipinski definition) is 3. The standard InChI is InChI=1S/C11H11N3S/c1-3-9-6-4-5-7-10(9)14-11(15-2)13-8-12/h3-7H,1H2,2H3,(H,13,14). The molecule has 0 unspecified atom stereocenters.